The van der Waals surface area contributed by atoms with Gasteiger partial charge in [0.25, 0.3) is 0 Å². The first-order valence-corrected chi connectivity index (χ1v) is 10.1. The van der Waals surface area contributed by atoms with Crippen LogP contribution >= 0.6 is 0 Å². The average Bonchev–Trinajstić information content (AvgIpc) is 2.79. The fraction of sp³-hybridized carbons (Fsp3) is 0.375. The maximum absolute atomic E-state index is 11.7. The first kappa shape index (κ1) is 22.0. The number of esters is 1. The first-order chi connectivity index (χ1) is 14.7. The van der Waals surface area contributed by atoms with Gasteiger partial charge in [-0.1, -0.05) is 42.5 Å². The van der Waals surface area contributed by atoms with Gasteiger partial charge in [0.15, 0.2) is 6.29 Å². The zero-order chi connectivity index (χ0) is 21.2. The van der Waals surface area contributed by atoms with Crippen molar-refractivity contribution in [1.29, 1.82) is 0 Å². The van der Waals surface area contributed by atoms with Gasteiger partial charge in [-0.2, -0.15) is 0 Å². The molecule has 6 nitrogen and oxygen atoms in total. The maximum atomic E-state index is 11.7. The Bertz CT molecular complexity index is 802. The summed E-state index contributed by atoms with van der Waals surface area (Å²) < 4.78 is 28.2. The molecule has 0 radical (unpaired) electrons. The lowest BCUT2D eigenvalue weighted by Crippen LogP contribution is -2.35. The normalized spacial score (nSPS) is 21.5. The number of hydrogen-bond donors (Lipinski definition) is 0. The van der Waals surface area contributed by atoms with Gasteiger partial charge >= 0.3 is 5.97 Å². The molecule has 0 saturated carbocycles. The van der Waals surface area contributed by atoms with Crippen LogP contribution in [0.3, 0.4) is 0 Å². The van der Waals surface area contributed by atoms with Crippen LogP contribution in [0.2, 0.25) is 0 Å². The summed E-state index contributed by atoms with van der Waals surface area (Å²) in [4.78, 5) is 11.7. The summed E-state index contributed by atoms with van der Waals surface area (Å²) >= 11 is 0. The highest BCUT2D eigenvalue weighted by Crippen LogP contribution is 2.30. The highest BCUT2D eigenvalue weighted by atomic mass is 16.7. The van der Waals surface area contributed by atoms with Crippen LogP contribution in [0.4, 0.5) is 0 Å². The number of benzene rings is 2. The van der Waals surface area contributed by atoms with Crippen molar-refractivity contribution in [1.82, 2.24) is 0 Å². The smallest absolute Gasteiger partial charge is 0.330 e. The number of methoxy groups -OCH3 is 1. The largest absolute Gasteiger partial charge is 0.497 e. The summed E-state index contributed by atoms with van der Waals surface area (Å²) in [5.74, 6) is 0.435. The molecule has 3 atom stereocenters. The first-order valence-electron chi connectivity index (χ1n) is 10.1. The second-order valence-corrected chi connectivity index (χ2v) is 6.89. The van der Waals surface area contributed by atoms with Gasteiger partial charge < -0.3 is 23.7 Å². The lowest BCUT2D eigenvalue weighted by molar-refractivity contribution is -0.246. The molecule has 2 aromatic rings. The number of hydrogen-bond acceptors (Lipinski definition) is 6. The molecule has 1 fully saturated rings. The van der Waals surface area contributed by atoms with E-state index in [2.05, 4.69) is 0 Å². The second kappa shape index (κ2) is 11.5. The van der Waals surface area contributed by atoms with Crippen molar-refractivity contribution in [2.75, 3.05) is 20.3 Å². The molecule has 0 bridgehead atoms. The highest BCUT2D eigenvalue weighted by molar-refractivity contribution is 5.81. The van der Waals surface area contributed by atoms with Crippen molar-refractivity contribution in [2.45, 2.75) is 38.4 Å². The van der Waals surface area contributed by atoms with Gasteiger partial charge in [-0.25, -0.2) is 4.79 Å². The monoisotopic (exact) mass is 412 g/mol. The predicted molar refractivity (Wildman–Crippen MR) is 112 cm³/mol. The SMILES string of the molecule is CCOC(=O)/C=C/[C@H]1C[C@@H](COCc2ccc(OC)cc2)O[C@@H](c2ccccc2)O1. The third-order valence-electron chi connectivity index (χ3n) is 4.65. The summed E-state index contributed by atoms with van der Waals surface area (Å²) in [6, 6.07) is 17.5. The lowest BCUT2D eigenvalue weighted by atomic mass is 10.1. The van der Waals surface area contributed by atoms with Crippen LogP contribution in [0.1, 0.15) is 30.8 Å². The van der Waals surface area contributed by atoms with Gasteiger partial charge in [-0.05, 0) is 30.7 Å². The van der Waals surface area contributed by atoms with Crippen molar-refractivity contribution in [3.63, 3.8) is 0 Å². The van der Waals surface area contributed by atoms with E-state index in [0.717, 1.165) is 16.9 Å². The molecule has 0 spiro atoms. The van der Waals surface area contributed by atoms with Crippen LogP contribution in [0.5, 0.6) is 5.75 Å². The highest BCUT2D eigenvalue weighted by Gasteiger charge is 2.30. The lowest BCUT2D eigenvalue weighted by Gasteiger charge is -2.34. The Kier molecular flexibility index (Phi) is 8.44. The van der Waals surface area contributed by atoms with Gasteiger partial charge in [-0.3, -0.25) is 0 Å². The molecule has 6 heteroatoms. The summed E-state index contributed by atoms with van der Waals surface area (Å²) in [5.41, 5.74) is 1.98. The molecule has 1 heterocycles. The van der Waals surface area contributed by atoms with Crippen LogP contribution in [-0.4, -0.2) is 38.5 Å². The molecule has 0 unspecified atom stereocenters. The molecule has 1 saturated heterocycles. The molecule has 0 aliphatic carbocycles. The minimum Gasteiger partial charge on any atom is -0.497 e. The Labute approximate surface area is 177 Å². The zero-order valence-corrected chi connectivity index (χ0v) is 17.4. The Morgan fingerprint density at radius 3 is 2.57 bits per heavy atom. The van der Waals surface area contributed by atoms with Crippen LogP contribution in [0.15, 0.2) is 66.7 Å². The van der Waals surface area contributed by atoms with E-state index in [-0.39, 0.29) is 18.2 Å². The van der Waals surface area contributed by atoms with Crippen molar-refractivity contribution in [3.05, 3.63) is 77.9 Å². The molecule has 3 rings (SSSR count). The van der Waals surface area contributed by atoms with Crippen LogP contribution in [-0.2, 0) is 30.3 Å². The summed E-state index contributed by atoms with van der Waals surface area (Å²) in [6.07, 6.45) is 2.76. The molecule has 160 valence electrons. The summed E-state index contributed by atoms with van der Waals surface area (Å²) in [6.45, 7) is 3.01. The zero-order valence-electron chi connectivity index (χ0n) is 17.4. The molecule has 0 N–H and O–H groups in total. The quantitative estimate of drug-likeness (QED) is 0.454. The van der Waals surface area contributed by atoms with Crippen LogP contribution < -0.4 is 4.74 Å². The van der Waals surface area contributed by atoms with E-state index < -0.39 is 6.29 Å². The Hall–Kier alpha value is -2.67. The average molecular weight is 412 g/mol. The third kappa shape index (κ3) is 6.69. The number of carbonyl (C=O) groups is 1. The van der Waals surface area contributed by atoms with Crippen LogP contribution in [0, 0.1) is 0 Å². The topological polar surface area (TPSA) is 63.2 Å². The standard InChI is InChI=1S/C24H28O6/c1-3-28-23(25)14-13-21-15-22(30-24(29-21)19-7-5-4-6-8-19)17-27-16-18-9-11-20(26-2)12-10-18/h4-14,21-22,24H,3,15-17H2,1-2H3/b14-13+/t21-,22-,24-/m0/s1. The van der Waals surface area contributed by atoms with Gasteiger partial charge in [0.05, 0.1) is 39.1 Å². The third-order valence-corrected chi connectivity index (χ3v) is 4.65. The van der Waals surface area contributed by atoms with Crippen molar-refractivity contribution in [3.8, 4) is 5.75 Å². The van der Waals surface area contributed by atoms with E-state index in [1.165, 1.54) is 6.08 Å². The van der Waals surface area contributed by atoms with Gasteiger partial charge in [0, 0.05) is 18.1 Å². The minimum atomic E-state index is -0.522. The van der Waals surface area contributed by atoms with Gasteiger partial charge in [0.1, 0.15) is 5.75 Å². The predicted octanol–water partition coefficient (Wildman–Crippen LogP) is 4.20. The number of carbonyl (C=O) groups excluding carboxylic acids is 1. The summed E-state index contributed by atoms with van der Waals surface area (Å²) in [5, 5.41) is 0. The van der Waals surface area contributed by atoms with Gasteiger partial charge in [-0.15, -0.1) is 0 Å². The summed E-state index contributed by atoms with van der Waals surface area (Å²) in [7, 11) is 1.64. The minimum absolute atomic E-state index is 0.168. The van der Waals surface area contributed by atoms with E-state index in [0.29, 0.717) is 26.2 Å². The molecule has 1 aliphatic heterocycles. The maximum Gasteiger partial charge on any atom is 0.330 e. The molecule has 2 aromatic carbocycles. The number of rotatable bonds is 9. The number of ether oxygens (including phenoxy) is 5. The van der Waals surface area contributed by atoms with Crippen molar-refractivity contribution >= 4 is 5.97 Å². The van der Waals surface area contributed by atoms with Gasteiger partial charge in [0.2, 0.25) is 0 Å². The van der Waals surface area contributed by atoms with E-state index in [1.807, 2.05) is 54.6 Å². The Balaban J connectivity index is 1.60. The second-order valence-electron chi connectivity index (χ2n) is 6.89. The fourth-order valence-corrected chi connectivity index (χ4v) is 3.14. The molecule has 30 heavy (non-hydrogen) atoms. The molecule has 1 aliphatic rings. The Morgan fingerprint density at radius 1 is 1.10 bits per heavy atom. The van der Waals surface area contributed by atoms with Crippen LogP contribution in [0.25, 0.3) is 0 Å². The molecule has 0 aromatic heterocycles. The molecular formula is C24H28O6. The fourth-order valence-electron chi connectivity index (χ4n) is 3.14. The van der Waals surface area contributed by atoms with E-state index in [9.17, 15) is 4.79 Å². The van der Waals surface area contributed by atoms with Crippen molar-refractivity contribution < 1.29 is 28.5 Å². The molecule has 0 amide bonds. The van der Waals surface area contributed by atoms with E-state index in [4.69, 9.17) is 23.7 Å². The molecular weight excluding hydrogens is 384 g/mol. The van der Waals surface area contributed by atoms with E-state index in [1.54, 1.807) is 20.1 Å². The Morgan fingerprint density at radius 2 is 1.87 bits per heavy atom. The van der Waals surface area contributed by atoms with E-state index >= 15 is 0 Å². The van der Waals surface area contributed by atoms with Crippen molar-refractivity contribution in [2.24, 2.45) is 0 Å².